The van der Waals surface area contributed by atoms with Gasteiger partial charge in [0.05, 0.1) is 11.1 Å². The summed E-state index contributed by atoms with van der Waals surface area (Å²) in [5.41, 5.74) is 0.763. The summed E-state index contributed by atoms with van der Waals surface area (Å²) in [5, 5.41) is 13.3. The third-order valence-electron chi connectivity index (χ3n) is 4.52. The maximum Gasteiger partial charge on any atom is 0.244 e. The highest BCUT2D eigenvalue weighted by Crippen LogP contribution is 2.35. The summed E-state index contributed by atoms with van der Waals surface area (Å²) in [6.45, 7) is 0. The van der Waals surface area contributed by atoms with Gasteiger partial charge in [-0.25, -0.2) is 0 Å². The van der Waals surface area contributed by atoms with E-state index in [4.69, 9.17) is 11.6 Å². The van der Waals surface area contributed by atoms with Crippen molar-refractivity contribution < 1.29 is 4.79 Å². The quantitative estimate of drug-likeness (QED) is 0.398. The second kappa shape index (κ2) is 8.98. The lowest BCUT2D eigenvalue weighted by Crippen LogP contribution is -2.29. The minimum atomic E-state index is -0.227. The summed E-state index contributed by atoms with van der Waals surface area (Å²) < 4.78 is 3.02. The number of benzene rings is 1. The fraction of sp³-hybridized carbons (Fsp3) is 0.190. The van der Waals surface area contributed by atoms with Crippen molar-refractivity contribution in [1.29, 1.82) is 0 Å². The van der Waals surface area contributed by atoms with E-state index in [1.807, 2.05) is 59.3 Å². The molecule has 4 rings (SSSR count). The van der Waals surface area contributed by atoms with Crippen LogP contribution in [0.25, 0.3) is 21.8 Å². The Kier molecular flexibility index (Phi) is 6.18. The standard InChI is InChI=1S/C21H19ClN4OS2/c1-28-13-11-15(21-25-24-18-8-4-5-12-26(18)21)23-19(27)10-9-17-20(22)14-6-2-3-7-16(14)29-17/h2-10,12,15H,11,13H2,1H3,(H,23,27)/b10-9-. The highest BCUT2D eigenvalue weighted by atomic mass is 35.5. The molecule has 4 aromatic rings. The first kappa shape index (κ1) is 19.9. The third kappa shape index (κ3) is 4.32. The van der Waals surface area contributed by atoms with Gasteiger partial charge in [-0.15, -0.1) is 21.5 Å². The number of hydrogen-bond acceptors (Lipinski definition) is 5. The van der Waals surface area contributed by atoms with E-state index in [-0.39, 0.29) is 11.9 Å². The normalized spacial score (nSPS) is 12.8. The van der Waals surface area contributed by atoms with Gasteiger partial charge in [-0.2, -0.15) is 11.8 Å². The Labute approximate surface area is 181 Å². The van der Waals surface area contributed by atoms with Gasteiger partial charge in [0.15, 0.2) is 11.5 Å². The van der Waals surface area contributed by atoms with Crippen molar-refractivity contribution in [2.24, 2.45) is 0 Å². The smallest absolute Gasteiger partial charge is 0.244 e. The van der Waals surface area contributed by atoms with E-state index in [2.05, 4.69) is 15.5 Å². The van der Waals surface area contributed by atoms with E-state index >= 15 is 0 Å². The molecule has 5 nitrogen and oxygen atoms in total. The number of fused-ring (bicyclic) bond motifs is 2. The fourth-order valence-corrected chi connectivity index (χ4v) is 4.98. The second-order valence-electron chi connectivity index (χ2n) is 6.44. The first-order chi connectivity index (χ1) is 14.2. The topological polar surface area (TPSA) is 59.3 Å². The Morgan fingerprint density at radius 2 is 2.10 bits per heavy atom. The van der Waals surface area contributed by atoms with Crippen molar-refractivity contribution in [2.75, 3.05) is 12.0 Å². The number of amides is 1. The molecule has 0 radical (unpaired) electrons. The molecule has 0 aliphatic carbocycles. The number of thiophene rings is 1. The van der Waals surface area contributed by atoms with Gasteiger partial charge in [-0.05, 0) is 42.7 Å². The Morgan fingerprint density at radius 1 is 1.28 bits per heavy atom. The lowest BCUT2D eigenvalue weighted by atomic mass is 10.2. The molecule has 0 bridgehead atoms. The molecule has 148 valence electrons. The van der Waals surface area contributed by atoms with Crippen LogP contribution in [0.2, 0.25) is 5.02 Å². The summed E-state index contributed by atoms with van der Waals surface area (Å²) in [6, 6.07) is 13.5. The number of halogens is 1. The molecule has 1 amide bonds. The van der Waals surface area contributed by atoms with Gasteiger partial charge in [0.25, 0.3) is 0 Å². The molecular weight excluding hydrogens is 424 g/mol. The van der Waals surface area contributed by atoms with E-state index in [1.165, 1.54) is 6.08 Å². The van der Waals surface area contributed by atoms with Crippen LogP contribution in [0.4, 0.5) is 0 Å². The number of carbonyl (C=O) groups excluding carboxylic acids is 1. The van der Waals surface area contributed by atoms with Crippen LogP contribution in [0.3, 0.4) is 0 Å². The highest BCUT2D eigenvalue weighted by molar-refractivity contribution is 7.98. The Morgan fingerprint density at radius 3 is 2.93 bits per heavy atom. The van der Waals surface area contributed by atoms with Gasteiger partial charge in [-0.3, -0.25) is 9.20 Å². The maximum atomic E-state index is 12.6. The van der Waals surface area contributed by atoms with E-state index in [0.717, 1.165) is 38.6 Å². The van der Waals surface area contributed by atoms with Crippen molar-refractivity contribution in [3.63, 3.8) is 0 Å². The first-order valence-corrected chi connectivity index (χ1v) is 11.7. The lowest BCUT2D eigenvalue weighted by Gasteiger charge is -2.15. The molecule has 8 heteroatoms. The molecule has 1 N–H and O–H groups in total. The molecular formula is C21H19ClN4OS2. The largest absolute Gasteiger partial charge is 0.342 e. The first-order valence-electron chi connectivity index (χ1n) is 9.11. The number of hydrogen-bond donors (Lipinski definition) is 1. The summed E-state index contributed by atoms with van der Waals surface area (Å²) in [6.07, 6.45) is 8.03. The van der Waals surface area contributed by atoms with E-state index in [0.29, 0.717) is 5.02 Å². The summed E-state index contributed by atoms with van der Waals surface area (Å²) in [5.74, 6) is 1.45. The molecule has 3 heterocycles. The predicted octanol–water partition coefficient (Wildman–Crippen LogP) is 5.22. The summed E-state index contributed by atoms with van der Waals surface area (Å²) in [4.78, 5) is 13.5. The van der Waals surface area contributed by atoms with Crippen LogP contribution in [0.5, 0.6) is 0 Å². The minimum Gasteiger partial charge on any atom is -0.342 e. The fourth-order valence-electron chi connectivity index (χ4n) is 3.11. The molecule has 0 aliphatic rings. The second-order valence-corrected chi connectivity index (χ2v) is 8.89. The van der Waals surface area contributed by atoms with Crippen molar-refractivity contribution in [3.05, 3.63) is 70.5 Å². The number of carbonyl (C=O) groups is 1. The number of thioether (sulfide) groups is 1. The molecule has 0 fully saturated rings. The molecule has 1 aromatic carbocycles. The maximum absolute atomic E-state index is 12.6. The highest BCUT2D eigenvalue weighted by Gasteiger charge is 2.19. The van der Waals surface area contributed by atoms with Crippen molar-refractivity contribution >= 4 is 62.4 Å². The zero-order valence-electron chi connectivity index (χ0n) is 15.7. The van der Waals surface area contributed by atoms with Gasteiger partial charge in [0, 0.05) is 27.2 Å². The van der Waals surface area contributed by atoms with Crippen LogP contribution in [-0.2, 0) is 4.79 Å². The third-order valence-corrected chi connectivity index (χ3v) is 6.82. The average molecular weight is 443 g/mol. The van der Waals surface area contributed by atoms with E-state index in [1.54, 1.807) is 29.2 Å². The number of aromatic nitrogens is 3. The molecule has 0 aliphatic heterocycles. The lowest BCUT2D eigenvalue weighted by molar-refractivity contribution is -0.117. The van der Waals surface area contributed by atoms with Gasteiger partial charge >= 0.3 is 0 Å². The zero-order valence-corrected chi connectivity index (χ0v) is 18.1. The average Bonchev–Trinajstić information content (AvgIpc) is 3.31. The van der Waals surface area contributed by atoms with Gasteiger partial charge in [0.2, 0.25) is 5.91 Å². The van der Waals surface area contributed by atoms with Gasteiger partial charge in [-0.1, -0.05) is 35.9 Å². The molecule has 0 saturated heterocycles. The van der Waals surface area contributed by atoms with Crippen molar-refractivity contribution in [1.82, 2.24) is 19.9 Å². The monoisotopic (exact) mass is 442 g/mol. The van der Waals surface area contributed by atoms with Gasteiger partial charge in [0.1, 0.15) is 0 Å². The van der Waals surface area contributed by atoms with Gasteiger partial charge < -0.3 is 5.32 Å². The molecule has 0 saturated carbocycles. The molecule has 3 aromatic heterocycles. The number of rotatable bonds is 7. The Hall–Kier alpha value is -2.35. The molecule has 0 spiro atoms. The molecule has 1 atom stereocenters. The van der Waals surface area contributed by atoms with Crippen molar-refractivity contribution in [2.45, 2.75) is 12.5 Å². The molecule has 1 unspecified atom stereocenters. The Balaban J connectivity index is 1.54. The van der Waals surface area contributed by atoms with Crippen LogP contribution in [0.1, 0.15) is 23.2 Å². The Bertz CT molecular complexity index is 1180. The minimum absolute atomic E-state index is 0.183. The van der Waals surface area contributed by atoms with Crippen LogP contribution < -0.4 is 5.32 Å². The number of pyridine rings is 1. The van der Waals surface area contributed by atoms with Crippen LogP contribution in [0.15, 0.2) is 54.7 Å². The number of nitrogens with zero attached hydrogens (tertiary/aromatic N) is 3. The summed E-state index contributed by atoms with van der Waals surface area (Å²) >= 11 is 9.77. The SMILES string of the molecule is CSCCC(NC(=O)/C=C\c1sc2ccccc2c1Cl)c1nnc2ccccn12. The number of nitrogens with one attached hydrogen (secondary N) is 1. The zero-order chi connectivity index (χ0) is 20.2. The van der Waals surface area contributed by atoms with E-state index in [9.17, 15) is 4.79 Å². The predicted molar refractivity (Wildman–Crippen MR) is 123 cm³/mol. The summed E-state index contributed by atoms with van der Waals surface area (Å²) in [7, 11) is 0. The van der Waals surface area contributed by atoms with Crippen LogP contribution in [-0.4, -0.2) is 32.5 Å². The van der Waals surface area contributed by atoms with Crippen LogP contribution >= 0.6 is 34.7 Å². The molecule has 29 heavy (non-hydrogen) atoms. The van der Waals surface area contributed by atoms with Crippen LogP contribution in [0, 0.1) is 0 Å². The van der Waals surface area contributed by atoms with E-state index < -0.39 is 0 Å². The van der Waals surface area contributed by atoms with Crippen molar-refractivity contribution in [3.8, 4) is 0 Å².